The van der Waals surface area contributed by atoms with Crippen molar-refractivity contribution in [3.05, 3.63) is 29.8 Å². The smallest absolute Gasteiger partial charge is 0.241 e. The second-order valence-electron chi connectivity index (χ2n) is 3.48. The standard InChI is InChI=1S/C10H14N2O2S2/c1-8-5-3-4-6-9(8)12(2)16(13,14)7-10(11)15/h3-6H,7H2,1-2H3,(H2,11,15). The van der Waals surface area contributed by atoms with E-state index in [1.54, 1.807) is 12.1 Å². The van der Waals surface area contributed by atoms with Crippen molar-refractivity contribution in [2.75, 3.05) is 17.1 Å². The highest BCUT2D eigenvalue weighted by Gasteiger charge is 2.20. The first kappa shape index (κ1) is 12.9. The fourth-order valence-corrected chi connectivity index (χ4v) is 2.85. The van der Waals surface area contributed by atoms with Crippen molar-refractivity contribution in [2.24, 2.45) is 5.73 Å². The molecule has 0 aromatic heterocycles. The molecule has 0 radical (unpaired) electrons. The van der Waals surface area contributed by atoms with Crippen molar-refractivity contribution < 1.29 is 8.42 Å². The lowest BCUT2D eigenvalue weighted by atomic mass is 10.2. The van der Waals surface area contributed by atoms with Gasteiger partial charge in [0.25, 0.3) is 0 Å². The Morgan fingerprint density at radius 2 is 2.00 bits per heavy atom. The second kappa shape index (κ2) is 4.80. The number of nitrogens with two attached hydrogens (primary N) is 1. The van der Waals surface area contributed by atoms with Crippen LogP contribution in [-0.2, 0) is 10.0 Å². The number of rotatable bonds is 4. The summed E-state index contributed by atoms with van der Waals surface area (Å²) in [5.41, 5.74) is 6.78. The molecule has 16 heavy (non-hydrogen) atoms. The Kier molecular flexibility index (Phi) is 3.88. The molecule has 0 aliphatic rings. The summed E-state index contributed by atoms with van der Waals surface area (Å²) in [6, 6.07) is 7.23. The number of anilines is 1. The van der Waals surface area contributed by atoms with Crippen molar-refractivity contribution in [1.82, 2.24) is 0 Å². The highest BCUT2D eigenvalue weighted by molar-refractivity contribution is 7.95. The van der Waals surface area contributed by atoms with E-state index < -0.39 is 10.0 Å². The van der Waals surface area contributed by atoms with Crippen LogP contribution in [-0.4, -0.2) is 26.2 Å². The largest absolute Gasteiger partial charge is 0.392 e. The van der Waals surface area contributed by atoms with Gasteiger partial charge in [-0.1, -0.05) is 30.4 Å². The molecular weight excluding hydrogens is 244 g/mol. The summed E-state index contributed by atoms with van der Waals surface area (Å²) in [6.07, 6.45) is 0. The average molecular weight is 258 g/mol. The zero-order chi connectivity index (χ0) is 12.3. The van der Waals surface area contributed by atoms with Crippen LogP contribution in [0.1, 0.15) is 5.56 Å². The topological polar surface area (TPSA) is 63.4 Å². The molecule has 0 atom stereocenters. The van der Waals surface area contributed by atoms with E-state index in [1.807, 2.05) is 19.1 Å². The van der Waals surface area contributed by atoms with Crippen molar-refractivity contribution in [3.63, 3.8) is 0 Å². The highest BCUT2D eigenvalue weighted by atomic mass is 32.2. The second-order valence-corrected chi connectivity index (χ2v) is 6.00. The van der Waals surface area contributed by atoms with Crippen molar-refractivity contribution >= 4 is 32.9 Å². The first-order valence-electron chi connectivity index (χ1n) is 4.65. The minimum atomic E-state index is -3.47. The van der Waals surface area contributed by atoms with Gasteiger partial charge in [-0.15, -0.1) is 0 Å². The Morgan fingerprint density at radius 3 is 2.50 bits per heavy atom. The molecule has 0 aliphatic carbocycles. The van der Waals surface area contributed by atoms with E-state index in [1.165, 1.54) is 11.4 Å². The minimum Gasteiger partial charge on any atom is -0.392 e. The van der Waals surface area contributed by atoms with Crippen molar-refractivity contribution in [1.29, 1.82) is 0 Å². The number of sulfonamides is 1. The number of benzene rings is 1. The predicted octanol–water partition coefficient (Wildman–Crippen LogP) is 1.05. The van der Waals surface area contributed by atoms with Gasteiger partial charge in [0.05, 0.1) is 10.7 Å². The third-order valence-electron chi connectivity index (χ3n) is 2.20. The maximum Gasteiger partial charge on any atom is 0.241 e. The van der Waals surface area contributed by atoms with Crippen LogP contribution in [0.4, 0.5) is 5.69 Å². The van der Waals surface area contributed by atoms with Gasteiger partial charge in [-0.2, -0.15) is 0 Å². The average Bonchev–Trinajstić information content (AvgIpc) is 2.15. The Labute approximate surface area is 101 Å². The fraction of sp³-hybridized carbons (Fsp3) is 0.300. The van der Waals surface area contributed by atoms with E-state index in [-0.39, 0.29) is 10.7 Å². The molecule has 1 aromatic carbocycles. The van der Waals surface area contributed by atoms with Crippen LogP contribution < -0.4 is 10.0 Å². The molecule has 0 fully saturated rings. The van der Waals surface area contributed by atoms with Crippen molar-refractivity contribution in [2.45, 2.75) is 6.92 Å². The molecule has 6 heteroatoms. The lowest BCUT2D eigenvalue weighted by Crippen LogP contribution is -2.34. The Balaban J connectivity index is 3.07. The SMILES string of the molecule is Cc1ccccc1N(C)S(=O)(=O)CC(N)=S. The molecule has 88 valence electrons. The third kappa shape index (κ3) is 2.93. The zero-order valence-corrected chi connectivity index (χ0v) is 10.8. The van der Waals surface area contributed by atoms with Gasteiger partial charge in [0.15, 0.2) is 0 Å². The minimum absolute atomic E-state index is 0.0274. The maximum absolute atomic E-state index is 11.9. The normalized spacial score (nSPS) is 11.1. The molecule has 1 rings (SSSR count). The van der Waals surface area contributed by atoms with Crippen LogP contribution in [0.5, 0.6) is 0 Å². The van der Waals surface area contributed by atoms with E-state index in [0.29, 0.717) is 5.69 Å². The number of para-hydroxylation sites is 1. The summed E-state index contributed by atoms with van der Waals surface area (Å²) in [5, 5.41) is 0. The summed E-state index contributed by atoms with van der Waals surface area (Å²) >= 11 is 4.62. The molecule has 0 unspecified atom stereocenters. The van der Waals surface area contributed by atoms with Crippen LogP contribution in [0.2, 0.25) is 0 Å². The summed E-state index contributed by atoms with van der Waals surface area (Å²) in [5.74, 6) is -0.312. The van der Waals surface area contributed by atoms with Gasteiger partial charge >= 0.3 is 0 Å². The molecule has 0 aliphatic heterocycles. The van der Waals surface area contributed by atoms with E-state index in [9.17, 15) is 8.42 Å². The number of hydrogen-bond acceptors (Lipinski definition) is 3. The quantitative estimate of drug-likeness (QED) is 0.820. The first-order chi connectivity index (χ1) is 7.34. The van der Waals surface area contributed by atoms with Crippen LogP contribution in [0.3, 0.4) is 0 Å². The number of aryl methyl sites for hydroxylation is 1. The molecule has 4 nitrogen and oxygen atoms in total. The van der Waals surface area contributed by atoms with Gasteiger partial charge < -0.3 is 5.73 Å². The van der Waals surface area contributed by atoms with E-state index >= 15 is 0 Å². The predicted molar refractivity (Wildman–Crippen MR) is 70.2 cm³/mol. The number of thiocarbonyl (C=S) groups is 1. The van der Waals surface area contributed by atoms with Crippen LogP contribution in [0.25, 0.3) is 0 Å². The molecule has 0 bridgehead atoms. The summed E-state index contributed by atoms with van der Waals surface area (Å²) < 4.78 is 24.9. The van der Waals surface area contributed by atoms with Crippen molar-refractivity contribution in [3.8, 4) is 0 Å². The zero-order valence-electron chi connectivity index (χ0n) is 9.17. The van der Waals surface area contributed by atoms with Gasteiger partial charge in [-0.05, 0) is 18.6 Å². The lowest BCUT2D eigenvalue weighted by Gasteiger charge is -2.20. The number of nitrogens with zero attached hydrogens (tertiary/aromatic N) is 1. The summed E-state index contributed by atoms with van der Waals surface area (Å²) in [4.78, 5) is -0.0274. The fourth-order valence-electron chi connectivity index (χ4n) is 1.34. The van der Waals surface area contributed by atoms with Gasteiger partial charge in [0.2, 0.25) is 10.0 Å². The van der Waals surface area contributed by atoms with Gasteiger partial charge in [-0.25, -0.2) is 8.42 Å². The summed E-state index contributed by atoms with van der Waals surface area (Å²) in [6.45, 7) is 1.85. The molecule has 0 saturated heterocycles. The molecule has 0 amide bonds. The molecule has 0 spiro atoms. The molecule has 1 aromatic rings. The van der Waals surface area contributed by atoms with Gasteiger partial charge in [0, 0.05) is 7.05 Å². The Morgan fingerprint density at radius 1 is 1.44 bits per heavy atom. The lowest BCUT2D eigenvalue weighted by molar-refractivity contribution is 0.598. The highest BCUT2D eigenvalue weighted by Crippen LogP contribution is 2.20. The van der Waals surface area contributed by atoms with Gasteiger partial charge in [0.1, 0.15) is 5.75 Å². The molecule has 0 heterocycles. The van der Waals surface area contributed by atoms with E-state index in [0.717, 1.165) is 5.56 Å². The first-order valence-corrected chi connectivity index (χ1v) is 6.67. The number of hydrogen-bond donors (Lipinski definition) is 1. The molecule has 0 saturated carbocycles. The van der Waals surface area contributed by atoms with E-state index in [4.69, 9.17) is 5.73 Å². The Hall–Kier alpha value is -1.14. The third-order valence-corrected chi connectivity index (χ3v) is 4.23. The Bertz CT molecular complexity index is 497. The van der Waals surface area contributed by atoms with Crippen LogP contribution in [0.15, 0.2) is 24.3 Å². The van der Waals surface area contributed by atoms with Crippen LogP contribution >= 0.6 is 12.2 Å². The van der Waals surface area contributed by atoms with E-state index in [2.05, 4.69) is 12.2 Å². The van der Waals surface area contributed by atoms with Gasteiger partial charge in [-0.3, -0.25) is 4.31 Å². The summed E-state index contributed by atoms with van der Waals surface area (Å²) in [7, 11) is -1.97. The molecule has 2 N–H and O–H groups in total. The van der Waals surface area contributed by atoms with Crippen LogP contribution in [0, 0.1) is 6.92 Å². The molecular formula is C10H14N2O2S2. The maximum atomic E-state index is 11.9. The monoisotopic (exact) mass is 258 g/mol.